The third-order valence-corrected chi connectivity index (χ3v) is 5.08. The van der Waals surface area contributed by atoms with Gasteiger partial charge in [-0.05, 0) is 30.9 Å². The molecule has 2 aliphatic rings. The molecule has 0 saturated carbocycles. The van der Waals surface area contributed by atoms with Crippen LogP contribution >= 0.6 is 15.9 Å². The molecule has 1 aromatic carbocycles. The minimum Gasteiger partial charge on any atom is -0.492 e. The Hall–Kier alpha value is -0.540. The van der Waals surface area contributed by atoms with Gasteiger partial charge in [-0.15, -0.1) is 0 Å². The first-order valence-corrected chi connectivity index (χ1v) is 8.01. The lowest BCUT2D eigenvalue weighted by molar-refractivity contribution is 0.104. The van der Waals surface area contributed by atoms with E-state index in [4.69, 9.17) is 9.47 Å². The van der Waals surface area contributed by atoms with Crippen molar-refractivity contribution in [1.29, 1.82) is 0 Å². The van der Waals surface area contributed by atoms with E-state index in [0.717, 1.165) is 25.4 Å². The molecule has 2 aliphatic heterocycles. The average molecular weight is 325 g/mol. The minimum atomic E-state index is 0.127. The van der Waals surface area contributed by atoms with E-state index in [0.29, 0.717) is 10.9 Å². The van der Waals surface area contributed by atoms with Crippen molar-refractivity contribution >= 4 is 15.9 Å². The largest absolute Gasteiger partial charge is 0.492 e. The topological polar surface area (TPSA) is 18.5 Å². The van der Waals surface area contributed by atoms with Crippen molar-refractivity contribution in [3.05, 3.63) is 29.3 Å². The quantitative estimate of drug-likeness (QED) is 0.769. The van der Waals surface area contributed by atoms with E-state index < -0.39 is 0 Å². The van der Waals surface area contributed by atoms with Crippen LogP contribution in [0.3, 0.4) is 0 Å². The molecule has 2 atom stereocenters. The number of halogens is 1. The monoisotopic (exact) mass is 324 g/mol. The van der Waals surface area contributed by atoms with Gasteiger partial charge in [0, 0.05) is 22.4 Å². The molecular formula is C16H21BrO2. The third-order valence-electron chi connectivity index (χ3n) is 4.18. The summed E-state index contributed by atoms with van der Waals surface area (Å²) in [5.41, 5.74) is 2.80. The predicted octanol–water partition coefficient (Wildman–Crippen LogP) is 4.36. The molecule has 2 nitrogen and oxygen atoms in total. The van der Waals surface area contributed by atoms with Gasteiger partial charge < -0.3 is 9.47 Å². The van der Waals surface area contributed by atoms with Crippen molar-refractivity contribution in [3.8, 4) is 5.75 Å². The summed E-state index contributed by atoms with van der Waals surface area (Å²) in [5.74, 6) is 1.05. The summed E-state index contributed by atoms with van der Waals surface area (Å²) < 4.78 is 11.5. The summed E-state index contributed by atoms with van der Waals surface area (Å²) in [6, 6.07) is 6.59. The SMILES string of the molecule is CC1(C)COc2ccc(C(Br)CC3CCCO3)cc21. The Morgan fingerprint density at radius 2 is 2.26 bits per heavy atom. The maximum absolute atomic E-state index is 5.74. The molecule has 3 heteroatoms. The fourth-order valence-electron chi connectivity index (χ4n) is 2.93. The molecule has 3 rings (SSSR count). The van der Waals surface area contributed by atoms with Gasteiger partial charge in [0.1, 0.15) is 5.75 Å². The lowest BCUT2D eigenvalue weighted by Gasteiger charge is -2.19. The smallest absolute Gasteiger partial charge is 0.123 e. The zero-order valence-corrected chi connectivity index (χ0v) is 13.2. The van der Waals surface area contributed by atoms with Crippen LogP contribution in [0.5, 0.6) is 5.75 Å². The number of benzene rings is 1. The summed E-state index contributed by atoms with van der Waals surface area (Å²) in [7, 11) is 0. The summed E-state index contributed by atoms with van der Waals surface area (Å²) in [4.78, 5) is 0.372. The lowest BCUT2D eigenvalue weighted by Crippen LogP contribution is -2.18. The highest BCUT2D eigenvalue weighted by atomic mass is 79.9. The number of fused-ring (bicyclic) bond motifs is 1. The zero-order chi connectivity index (χ0) is 13.5. The Kier molecular flexibility index (Phi) is 3.61. The van der Waals surface area contributed by atoms with Crippen LogP contribution in [0.1, 0.15) is 49.1 Å². The van der Waals surface area contributed by atoms with E-state index in [-0.39, 0.29) is 5.41 Å². The second-order valence-electron chi connectivity index (χ2n) is 6.27. The Balaban J connectivity index is 1.78. The standard InChI is InChI=1S/C16H21BrO2/c1-16(2)10-19-15-6-5-11(8-13(15)16)14(17)9-12-4-3-7-18-12/h5-6,8,12,14H,3-4,7,9-10H2,1-2H3. The Labute approximate surface area is 123 Å². The van der Waals surface area contributed by atoms with E-state index in [9.17, 15) is 0 Å². The molecule has 0 aliphatic carbocycles. The Morgan fingerprint density at radius 1 is 1.42 bits per heavy atom. The van der Waals surface area contributed by atoms with Crippen LogP contribution in [-0.4, -0.2) is 19.3 Å². The van der Waals surface area contributed by atoms with Gasteiger partial charge in [-0.2, -0.15) is 0 Å². The molecule has 104 valence electrons. The second kappa shape index (κ2) is 5.10. The van der Waals surface area contributed by atoms with Crippen LogP contribution in [0.2, 0.25) is 0 Å². The van der Waals surface area contributed by atoms with Crippen molar-refractivity contribution < 1.29 is 9.47 Å². The molecule has 2 heterocycles. The van der Waals surface area contributed by atoms with Crippen LogP contribution in [0.4, 0.5) is 0 Å². The van der Waals surface area contributed by atoms with E-state index in [1.807, 2.05) is 0 Å². The van der Waals surface area contributed by atoms with Crippen LogP contribution in [0, 0.1) is 0 Å². The van der Waals surface area contributed by atoms with Gasteiger partial charge >= 0.3 is 0 Å². The predicted molar refractivity (Wildman–Crippen MR) is 80.2 cm³/mol. The first kappa shape index (κ1) is 13.4. The minimum absolute atomic E-state index is 0.127. The molecule has 19 heavy (non-hydrogen) atoms. The average Bonchev–Trinajstić information content (AvgIpc) is 2.98. The van der Waals surface area contributed by atoms with Crippen molar-refractivity contribution in [2.75, 3.05) is 13.2 Å². The first-order chi connectivity index (χ1) is 9.06. The van der Waals surface area contributed by atoms with Gasteiger partial charge in [-0.3, -0.25) is 0 Å². The fourth-order valence-corrected chi connectivity index (χ4v) is 3.63. The van der Waals surface area contributed by atoms with E-state index >= 15 is 0 Å². The molecule has 0 amide bonds. The summed E-state index contributed by atoms with van der Waals surface area (Å²) >= 11 is 3.82. The molecule has 1 saturated heterocycles. The van der Waals surface area contributed by atoms with Gasteiger partial charge in [0.25, 0.3) is 0 Å². The van der Waals surface area contributed by atoms with Gasteiger partial charge in [0.15, 0.2) is 0 Å². The molecular weight excluding hydrogens is 304 g/mol. The van der Waals surface area contributed by atoms with Gasteiger partial charge in [0.2, 0.25) is 0 Å². The Bertz CT molecular complexity index is 464. The van der Waals surface area contributed by atoms with Gasteiger partial charge in [-0.1, -0.05) is 41.9 Å². The second-order valence-corrected chi connectivity index (χ2v) is 7.37. The van der Waals surface area contributed by atoms with E-state index in [1.165, 1.54) is 24.0 Å². The highest BCUT2D eigenvalue weighted by Gasteiger charge is 2.32. The number of rotatable bonds is 3. The van der Waals surface area contributed by atoms with Crippen LogP contribution < -0.4 is 4.74 Å². The maximum atomic E-state index is 5.74. The summed E-state index contributed by atoms with van der Waals surface area (Å²) in [6.07, 6.45) is 3.87. The fraction of sp³-hybridized carbons (Fsp3) is 0.625. The molecule has 0 spiro atoms. The van der Waals surface area contributed by atoms with Crippen molar-refractivity contribution in [3.63, 3.8) is 0 Å². The molecule has 0 bridgehead atoms. The third kappa shape index (κ3) is 2.68. The first-order valence-electron chi connectivity index (χ1n) is 7.09. The molecule has 1 aromatic rings. The normalized spacial score (nSPS) is 25.9. The summed E-state index contributed by atoms with van der Waals surface area (Å²) in [6.45, 7) is 6.19. The highest BCUT2D eigenvalue weighted by molar-refractivity contribution is 9.09. The molecule has 2 unspecified atom stereocenters. The number of hydrogen-bond donors (Lipinski definition) is 0. The number of alkyl halides is 1. The van der Waals surface area contributed by atoms with Crippen molar-refractivity contribution in [2.45, 2.75) is 49.5 Å². The molecule has 0 aromatic heterocycles. The molecule has 0 radical (unpaired) electrons. The van der Waals surface area contributed by atoms with Gasteiger partial charge in [0.05, 0.1) is 12.7 Å². The van der Waals surface area contributed by atoms with Crippen LogP contribution in [0.25, 0.3) is 0 Å². The Morgan fingerprint density at radius 3 is 3.00 bits per heavy atom. The van der Waals surface area contributed by atoms with Crippen LogP contribution in [0.15, 0.2) is 18.2 Å². The van der Waals surface area contributed by atoms with E-state index in [2.05, 4.69) is 48.0 Å². The van der Waals surface area contributed by atoms with Crippen molar-refractivity contribution in [2.24, 2.45) is 0 Å². The molecule has 0 N–H and O–H groups in total. The summed E-state index contributed by atoms with van der Waals surface area (Å²) in [5, 5.41) is 0. The number of ether oxygens (including phenoxy) is 2. The van der Waals surface area contributed by atoms with Gasteiger partial charge in [-0.25, -0.2) is 0 Å². The van der Waals surface area contributed by atoms with Crippen LogP contribution in [-0.2, 0) is 10.2 Å². The maximum Gasteiger partial charge on any atom is 0.123 e. The van der Waals surface area contributed by atoms with Crippen molar-refractivity contribution in [1.82, 2.24) is 0 Å². The lowest BCUT2D eigenvalue weighted by atomic mass is 9.85. The van der Waals surface area contributed by atoms with E-state index in [1.54, 1.807) is 0 Å². The zero-order valence-electron chi connectivity index (χ0n) is 11.6. The molecule has 1 fully saturated rings. The highest BCUT2D eigenvalue weighted by Crippen LogP contribution is 2.41. The number of hydrogen-bond acceptors (Lipinski definition) is 2.